The molecule has 1 unspecified atom stereocenters. The SMILES string of the molecule is Cc1c(CC(=O)NCC(=O)NC(C(=O)O)C(C)C)c(=O)oc2c(C)c3occ(-c4ccccc4)c3cc12. The van der Waals surface area contributed by atoms with Crippen molar-refractivity contribution in [1.82, 2.24) is 10.6 Å². The van der Waals surface area contributed by atoms with E-state index in [-0.39, 0.29) is 17.9 Å². The number of amides is 2. The number of aryl methyl sites for hydroxylation is 2. The Balaban J connectivity index is 1.61. The van der Waals surface area contributed by atoms with Crippen LogP contribution in [0.25, 0.3) is 33.1 Å². The molecule has 2 aromatic heterocycles. The van der Waals surface area contributed by atoms with Gasteiger partial charge in [0.1, 0.15) is 17.2 Å². The number of fused-ring (bicyclic) bond motifs is 2. The Hall–Kier alpha value is -4.40. The number of carbonyl (C=O) groups is 3. The van der Waals surface area contributed by atoms with E-state index in [4.69, 9.17) is 8.83 Å². The topological polar surface area (TPSA) is 139 Å². The maximum atomic E-state index is 12.8. The van der Waals surface area contributed by atoms with Gasteiger partial charge in [0.2, 0.25) is 11.8 Å². The van der Waals surface area contributed by atoms with Gasteiger partial charge in [0.25, 0.3) is 0 Å². The highest BCUT2D eigenvalue weighted by Gasteiger charge is 2.24. The Morgan fingerprint density at radius 3 is 2.32 bits per heavy atom. The molecule has 0 bridgehead atoms. The van der Waals surface area contributed by atoms with Gasteiger partial charge in [0.15, 0.2) is 0 Å². The zero-order chi connectivity index (χ0) is 26.9. The van der Waals surface area contributed by atoms with E-state index in [1.165, 1.54) is 0 Å². The summed E-state index contributed by atoms with van der Waals surface area (Å²) >= 11 is 0. The van der Waals surface area contributed by atoms with Crippen LogP contribution in [0.4, 0.5) is 0 Å². The van der Waals surface area contributed by atoms with E-state index in [9.17, 15) is 24.3 Å². The second-order valence-corrected chi connectivity index (χ2v) is 9.34. The minimum absolute atomic E-state index is 0.180. The maximum Gasteiger partial charge on any atom is 0.340 e. The molecule has 192 valence electrons. The molecule has 0 aliphatic carbocycles. The van der Waals surface area contributed by atoms with E-state index in [0.29, 0.717) is 27.7 Å². The van der Waals surface area contributed by atoms with Crippen molar-refractivity contribution in [2.75, 3.05) is 6.54 Å². The van der Waals surface area contributed by atoms with E-state index in [1.54, 1.807) is 27.0 Å². The van der Waals surface area contributed by atoms with Gasteiger partial charge in [0.05, 0.1) is 24.8 Å². The summed E-state index contributed by atoms with van der Waals surface area (Å²) < 4.78 is 11.4. The normalized spacial score (nSPS) is 12.1. The van der Waals surface area contributed by atoms with Crippen LogP contribution in [0.5, 0.6) is 0 Å². The van der Waals surface area contributed by atoms with Crippen molar-refractivity contribution in [3.8, 4) is 11.1 Å². The highest BCUT2D eigenvalue weighted by atomic mass is 16.4. The average molecular weight is 505 g/mol. The van der Waals surface area contributed by atoms with Gasteiger partial charge in [-0.25, -0.2) is 9.59 Å². The lowest BCUT2D eigenvalue weighted by Crippen LogP contribution is -2.48. The van der Waals surface area contributed by atoms with Crippen LogP contribution in [0, 0.1) is 19.8 Å². The minimum Gasteiger partial charge on any atom is -0.480 e. The number of carbonyl (C=O) groups excluding carboxylic acids is 2. The van der Waals surface area contributed by atoms with E-state index in [2.05, 4.69) is 10.6 Å². The Morgan fingerprint density at radius 1 is 0.973 bits per heavy atom. The summed E-state index contributed by atoms with van der Waals surface area (Å²) in [5.74, 6) is -2.68. The highest BCUT2D eigenvalue weighted by Crippen LogP contribution is 2.37. The molecule has 0 spiro atoms. The molecule has 4 aromatic rings. The monoisotopic (exact) mass is 504 g/mol. The van der Waals surface area contributed by atoms with Crippen molar-refractivity contribution in [3.05, 3.63) is 69.8 Å². The Bertz CT molecular complexity index is 1560. The lowest BCUT2D eigenvalue weighted by Gasteiger charge is -2.18. The van der Waals surface area contributed by atoms with E-state index < -0.39 is 36.0 Å². The van der Waals surface area contributed by atoms with E-state index in [1.807, 2.05) is 43.3 Å². The van der Waals surface area contributed by atoms with Crippen molar-refractivity contribution in [2.45, 2.75) is 40.2 Å². The number of carboxylic acid groups (broad SMARTS) is 1. The first-order valence-corrected chi connectivity index (χ1v) is 11.9. The summed E-state index contributed by atoms with van der Waals surface area (Å²) in [6, 6.07) is 10.6. The quantitative estimate of drug-likeness (QED) is 0.311. The molecule has 37 heavy (non-hydrogen) atoms. The molecule has 0 aliphatic heterocycles. The van der Waals surface area contributed by atoms with Crippen LogP contribution in [-0.4, -0.2) is 35.5 Å². The molecular weight excluding hydrogens is 476 g/mol. The lowest BCUT2D eigenvalue weighted by atomic mass is 9.97. The molecule has 0 aliphatic rings. The Kier molecular flexibility index (Phi) is 7.15. The van der Waals surface area contributed by atoms with Crippen molar-refractivity contribution in [3.63, 3.8) is 0 Å². The molecule has 2 amide bonds. The van der Waals surface area contributed by atoms with Gasteiger partial charge in [-0.2, -0.15) is 0 Å². The van der Waals surface area contributed by atoms with E-state index >= 15 is 0 Å². The zero-order valence-electron chi connectivity index (χ0n) is 21.0. The minimum atomic E-state index is -1.16. The Morgan fingerprint density at radius 2 is 1.68 bits per heavy atom. The lowest BCUT2D eigenvalue weighted by molar-refractivity contribution is -0.143. The van der Waals surface area contributed by atoms with Crippen LogP contribution in [0.3, 0.4) is 0 Å². The van der Waals surface area contributed by atoms with Gasteiger partial charge in [-0.05, 0) is 37.0 Å². The highest BCUT2D eigenvalue weighted by molar-refractivity contribution is 6.05. The molecule has 1 atom stereocenters. The largest absolute Gasteiger partial charge is 0.480 e. The van der Waals surface area contributed by atoms with Crippen molar-refractivity contribution < 1.29 is 28.3 Å². The van der Waals surface area contributed by atoms with Crippen LogP contribution in [-0.2, 0) is 20.8 Å². The number of hydrogen-bond donors (Lipinski definition) is 3. The summed E-state index contributed by atoms with van der Waals surface area (Å²) in [6.07, 6.45) is 1.38. The van der Waals surface area contributed by atoms with Gasteiger partial charge < -0.3 is 24.6 Å². The molecule has 9 heteroatoms. The summed E-state index contributed by atoms with van der Waals surface area (Å²) in [5, 5.41) is 15.6. The fourth-order valence-electron chi connectivity index (χ4n) is 4.38. The molecule has 2 aromatic carbocycles. The molecule has 3 N–H and O–H groups in total. The maximum absolute atomic E-state index is 12.8. The van der Waals surface area contributed by atoms with Crippen LogP contribution in [0.2, 0.25) is 0 Å². The standard InChI is InChI=1S/C28H28N2O7/c1-14(2)24(27(33)34)30-23(32)12-29-22(31)11-19-15(3)18-10-20-21(17-8-6-5-7-9-17)13-36-25(20)16(4)26(18)37-28(19)35/h5-10,13-14,24H,11-12H2,1-4H3,(H,29,31)(H,30,32)(H,33,34). The van der Waals surface area contributed by atoms with Gasteiger partial charge in [0, 0.05) is 21.9 Å². The zero-order valence-corrected chi connectivity index (χ0v) is 21.0. The second kappa shape index (κ2) is 10.3. The third-order valence-electron chi connectivity index (χ3n) is 6.46. The van der Waals surface area contributed by atoms with Gasteiger partial charge >= 0.3 is 11.6 Å². The fraction of sp³-hybridized carbons (Fsp3) is 0.286. The first-order valence-electron chi connectivity index (χ1n) is 11.9. The smallest absolute Gasteiger partial charge is 0.340 e. The number of benzene rings is 2. The molecular formula is C28H28N2O7. The first kappa shape index (κ1) is 25.7. The fourth-order valence-corrected chi connectivity index (χ4v) is 4.38. The van der Waals surface area contributed by atoms with Crippen molar-refractivity contribution in [1.29, 1.82) is 0 Å². The summed E-state index contributed by atoms with van der Waals surface area (Å²) in [5.41, 5.74) is 3.70. The number of rotatable bonds is 8. The van der Waals surface area contributed by atoms with Crippen LogP contribution in [0.15, 0.2) is 56.3 Å². The predicted molar refractivity (Wildman–Crippen MR) is 138 cm³/mol. The summed E-state index contributed by atoms with van der Waals surface area (Å²) in [6.45, 7) is 6.49. The first-order chi connectivity index (χ1) is 17.6. The molecule has 4 rings (SSSR count). The van der Waals surface area contributed by atoms with Crippen molar-refractivity contribution in [2.24, 2.45) is 5.92 Å². The number of furan rings is 1. The number of nitrogens with one attached hydrogen (secondary N) is 2. The van der Waals surface area contributed by atoms with E-state index in [0.717, 1.165) is 16.5 Å². The molecule has 0 saturated carbocycles. The third-order valence-corrected chi connectivity index (χ3v) is 6.46. The van der Waals surface area contributed by atoms with Crippen molar-refractivity contribution >= 4 is 39.7 Å². The number of aliphatic carboxylic acids is 1. The molecule has 9 nitrogen and oxygen atoms in total. The number of carboxylic acids is 1. The number of hydrogen-bond acceptors (Lipinski definition) is 6. The molecule has 2 heterocycles. The van der Waals surface area contributed by atoms with Crippen LogP contribution >= 0.6 is 0 Å². The van der Waals surface area contributed by atoms with Crippen LogP contribution in [0.1, 0.15) is 30.5 Å². The summed E-state index contributed by atoms with van der Waals surface area (Å²) in [4.78, 5) is 48.8. The average Bonchev–Trinajstić information content (AvgIpc) is 3.29. The van der Waals surface area contributed by atoms with Gasteiger partial charge in [-0.3, -0.25) is 9.59 Å². The molecule has 0 saturated heterocycles. The van der Waals surface area contributed by atoms with Gasteiger partial charge in [-0.15, -0.1) is 0 Å². The Labute approximate surface area is 212 Å². The second-order valence-electron chi connectivity index (χ2n) is 9.34. The predicted octanol–water partition coefficient (Wildman–Crippen LogP) is 3.71. The third kappa shape index (κ3) is 5.11. The van der Waals surface area contributed by atoms with Crippen LogP contribution < -0.4 is 16.3 Å². The van der Waals surface area contributed by atoms with Gasteiger partial charge in [-0.1, -0.05) is 44.2 Å². The molecule has 0 fully saturated rings. The summed E-state index contributed by atoms with van der Waals surface area (Å²) in [7, 11) is 0. The molecule has 0 radical (unpaired) electrons.